The lowest BCUT2D eigenvalue weighted by atomic mass is 10.1. The van der Waals surface area contributed by atoms with Crippen LogP contribution in [0.1, 0.15) is 19.4 Å². The minimum absolute atomic E-state index is 0.169. The summed E-state index contributed by atoms with van der Waals surface area (Å²) in [6, 6.07) is 4.15. The van der Waals surface area contributed by atoms with Crippen LogP contribution in [0.4, 0.5) is 0 Å². The number of carbonyl (C=O) groups is 1. The lowest BCUT2D eigenvalue weighted by molar-refractivity contribution is -0.146. The molecule has 0 aliphatic rings. The van der Waals surface area contributed by atoms with Crippen LogP contribution in [0.3, 0.4) is 0 Å². The van der Waals surface area contributed by atoms with E-state index in [1.807, 2.05) is 0 Å². The van der Waals surface area contributed by atoms with Crippen molar-refractivity contribution in [1.82, 2.24) is 0 Å². The molecule has 0 saturated carbocycles. The summed E-state index contributed by atoms with van der Waals surface area (Å²) in [5, 5.41) is 0.232. The highest BCUT2D eigenvalue weighted by atomic mass is 35.7. The van der Waals surface area contributed by atoms with Gasteiger partial charge >= 0.3 is 5.97 Å². The Morgan fingerprint density at radius 3 is 2.50 bits per heavy atom. The first-order valence-electron chi connectivity index (χ1n) is 5.12. The molecule has 18 heavy (non-hydrogen) atoms. The van der Waals surface area contributed by atoms with Crippen molar-refractivity contribution in [2.45, 2.75) is 31.3 Å². The Bertz CT molecular complexity index is 552. The molecule has 0 aromatic heterocycles. The highest BCUT2D eigenvalue weighted by Crippen LogP contribution is 2.24. The second kappa shape index (κ2) is 5.91. The SMILES string of the molecule is CC(C)OC(=O)Cc1ccc(Cl)cc1S(=O)(=O)Cl. The maximum Gasteiger partial charge on any atom is 0.310 e. The fourth-order valence-corrected chi connectivity index (χ4v) is 2.75. The van der Waals surface area contributed by atoms with Gasteiger partial charge in [-0.15, -0.1) is 0 Å². The first-order valence-corrected chi connectivity index (χ1v) is 7.81. The van der Waals surface area contributed by atoms with E-state index in [1.54, 1.807) is 13.8 Å². The first kappa shape index (κ1) is 15.3. The molecule has 0 bridgehead atoms. The van der Waals surface area contributed by atoms with Crippen LogP contribution in [0.5, 0.6) is 0 Å². The molecule has 0 amide bonds. The monoisotopic (exact) mass is 310 g/mol. The van der Waals surface area contributed by atoms with Crippen LogP contribution in [-0.4, -0.2) is 20.5 Å². The molecule has 100 valence electrons. The molecule has 7 heteroatoms. The Morgan fingerprint density at radius 2 is 2.00 bits per heavy atom. The fourth-order valence-electron chi connectivity index (χ4n) is 1.36. The Labute approximate surface area is 115 Å². The van der Waals surface area contributed by atoms with Gasteiger partial charge in [0.05, 0.1) is 17.4 Å². The van der Waals surface area contributed by atoms with Crippen molar-refractivity contribution < 1.29 is 17.9 Å². The van der Waals surface area contributed by atoms with Gasteiger partial charge < -0.3 is 4.74 Å². The third kappa shape index (κ3) is 4.48. The summed E-state index contributed by atoms with van der Waals surface area (Å²) in [7, 11) is 1.34. The summed E-state index contributed by atoms with van der Waals surface area (Å²) in [5.41, 5.74) is 0.264. The molecule has 0 unspecified atom stereocenters. The zero-order valence-electron chi connectivity index (χ0n) is 9.81. The second-order valence-electron chi connectivity index (χ2n) is 3.91. The highest BCUT2D eigenvalue weighted by molar-refractivity contribution is 8.13. The number of benzene rings is 1. The minimum Gasteiger partial charge on any atom is -0.463 e. The molecule has 0 aliphatic carbocycles. The van der Waals surface area contributed by atoms with Gasteiger partial charge in [-0.2, -0.15) is 0 Å². The molecule has 1 aromatic carbocycles. The maximum absolute atomic E-state index is 11.5. The number of rotatable bonds is 4. The van der Waals surface area contributed by atoms with Gasteiger partial charge in [-0.1, -0.05) is 17.7 Å². The van der Waals surface area contributed by atoms with Crippen LogP contribution < -0.4 is 0 Å². The molecule has 0 aliphatic heterocycles. The van der Waals surface area contributed by atoms with E-state index in [9.17, 15) is 13.2 Å². The molecule has 0 atom stereocenters. The summed E-state index contributed by atoms with van der Waals surface area (Å²) >= 11 is 5.70. The van der Waals surface area contributed by atoms with E-state index in [0.717, 1.165) is 0 Å². The quantitative estimate of drug-likeness (QED) is 0.634. The van der Waals surface area contributed by atoms with E-state index in [-0.39, 0.29) is 28.0 Å². The Balaban J connectivity index is 3.06. The van der Waals surface area contributed by atoms with Gasteiger partial charge in [-0.25, -0.2) is 8.42 Å². The molecule has 1 aromatic rings. The number of hydrogen-bond donors (Lipinski definition) is 0. The average molecular weight is 311 g/mol. The summed E-state index contributed by atoms with van der Waals surface area (Å²) in [4.78, 5) is 11.3. The Hall–Kier alpha value is -0.780. The average Bonchev–Trinajstić information content (AvgIpc) is 2.17. The van der Waals surface area contributed by atoms with Gasteiger partial charge in [0.2, 0.25) is 0 Å². The van der Waals surface area contributed by atoms with Crippen molar-refractivity contribution in [3.8, 4) is 0 Å². The lowest BCUT2D eigenvalue weighted by Crippen LogP contribution is -2.14. The van der Waals surface area contributed by atoms with Crippen LogP contribution in [0.15, 0.2) is 23.1 Å². The smallest absolute Gasteiger partial charge is 0.310 e. The van der Waals surface area contributed by atoms with Crippen LogP contribution in [0, 0.1) is 0 Å². The van der Waals surface area contributed by atoms with Crippen molar-refractivity contribution >= 4 is 37.3 Å². The highest BCUT2D eigenvalue weighted by Gasteiger charge is 2.19. The molecule has 4 nitrogen and oxygen atoms in total. The van der Waals surface area contributed by atoms with Crippen molar-refractivity contribution in [3.63, 3.8) is 0 Å². The number of esters is 1. The lowest BCUT2D eigenvalue weighted by Gasteiger charge is -2.10. The molecule has 0 N–H and O–H groups in total. The molecule has 0 heterocycles. The van der Waals surface area contributed by atoms with Gasteiger partial charge in [-0.05, 0) is 31.5 Å². The Kier molecular flexibility index (Phi) is 5.01. The number of hydrogen-bond acceptors (Lipinski definition) is 4. The zero-order chi connectivity index (χ0) is 13.9. The van der Waals surface area contributed by atoms with E-state index in [2.05, 4.69) is 0 Å². The maximum atomic E-state index is 11.5. The summed E-state index contributed by atoms with van der Waals surface area (Å²) in [6.45, 7) is 3.41. The summed E-state index contributed by atoms with van der Waals surface area (Å²) < 4.78 is 27.7. The molecule has 0 radical (unpaired) electrons. The van der Waals surface area contributed by atoms with E-state index in [0.29, 0.717) is 0 Å². The molecule has 0 spiro atoms. The predicted molar refractivity (Wildman–Crippen MR) is 69.4 cm³/mol. The van der Waals surface area contributed by atoms with Gasteiger partial charge in [0, 0.05) is 15.7 Å². The van der Waals surface area contributed by atoms with Gasteiger partial charge in [0.25, 0.3) is 9.05 Å². The molecular weight excluding hydrogens is 299 g/mol. The van der Waals surface area contributed by atoms with Crippen molar-refractivity contribution in [2.75, 3.05) is 0 Å². The van der Waals surface area contributed by atoms with Gasteiger partial charge in [0.1, 0.15) is 0 Å². The van der Waals surface area contributed by atoms with Crippen LogP contribution in [-0.2, 0) is 25.0 Å². The third-order valence-corrected chi connectivity index (χ3v) is 3.63. The van der Waals surface area contributed by atoms with Crippen LogP contribution in [0.2, 0.25) is 5.02 Å². The van der Waals surface area contributed by atoms with E-state index in [4.69, 9.17) is 27.0 Å². The van der Waals surface area contributed by atoms with Gasteiger partial charge in [-0.3, -0.25) is 4.79 Å². The number of halogens is 2. The van der Waals surface area contributed by atoms with Crippen molar-refractivity contribution in [1.29, 1.82) is 0 Å². The van der Waals surface area contributed by atoms with E-state index in [1.165, 1.54) is 18.2 Å². The topological polar surface area (TPSA) is 60.4 Å². The van der Waals surface area contributed by atoms with Gasteiger partial charge in [0.15, 0.2) is 0 Å². The van der Waals surface area contributed by atoms with E-state index >= 15 is 0 Å². The summed E-state index contributed by atoms with van der Waals surface area (Å²) in [6.07, 6.45) is -0.433. The number of ether oxygens (including phenoxy) is 1. The fraction of sp³-hybridized carbons (Fsp3) is 0.364. The molecule has 0 fully saturated rings. The van der Waals surface area contributed by atoms with Crippen molar-refractivity contribution in [3.05, 3.63) is 28.8 Å². The van der Waals surface area contributed by atoms with Crippen LogP contribution in [0.25, 0.3) is 0 Å². The largest absolute Gasteiger partial charge is 0.463 e. The predicted octanol–water partition coefficient (Wildman–Crippen LogP) is 2.76. The third-order valence-electron chi connectivity index (χ3n) is 1.99. The molecule has 0 saturated heterocycles. The Morgan fingerprint density at radius 1 is 1.39 bits per heavy atom. The van der Waals surface area contributed by atoms with Crippen molar-refractivity contribution in [2.24, 2.45) is 0 Å². The first-order chi connectivity index (χ1) is 8.20. The second-order valence-corrected chi connectivity index (χ2v) is 6.88. The standard InChI is InChI=1S/C11H12Cl2O4S/c1-7(2)17-11(14)5-8-3-4-9(12)6-10(8)18(13,15)16/h3-4,6-7H,5H2,1-2H3. The molecule has 1 rings (SSSR count). The number of carbonyl (C=O) groups excluding carboxylic acids is 1. The summed E-state index contributed by atoms with van der Waals surface area (Å²) in [5.74, 6) is -0.520. The normalized spacial score (nSPS) is 11.6. The molecular formula is C11H12Cl2O4S. The van der Waals surface area contributed by atoms with Crippen LogP contribution >= 0.6 is 22.3 Å². The minimum atomic E-state index is -3.95. The van der Waals surface area contributed by atoms with E-state index < -0.39 is 15.0 Å². The zero-order valence-corrected chi connectivity index (χ0v) is 12.1.